The number of piperidine rings is 1. The maximum Gasteiger partial charge on any atom is 0.259 e. The molecule has 0 spiro atoms. The topological polar surface area (TPSA) is 71.1 Å². The van der Waals surface area contributed by atoms with Gasteiger partial charge >= 0.3 is 0 Å². The molecule has 0 radical (unpaired) electrons. The van der Waals surface area contributed by atoms with Crippen LogP contribution in [-0.4, -0.2) is 29.4 Å². The van der Waals surface area contributed by atoms with Crippen LogP contribution in [0.2, 0.25) is 0 Å². The molecule has 0 unspecified atom stereocenters. The van der Waals surface area contributed by atoms with E-state index in [0.29, 0.717) is 5.56 Å². The molecule has 1 fully saturated rings. The Bertz CT molecular complexity index is 436. The van der Waals surface area contributed by atoms with Gasteiger partial charge in [0.2, 0.25) is 5.91 Å². The fraction of sp³-hybridized carbons (Fsp3) is 0.462. The summed E-state index contributed by atoms with van der Waals surface area (Å²) >= 11 is 0. The van der Waals surface area contributed by atoms with E-state index >= 15 is 0 Å². The first-order chi connectivity index (χ1) is 8.66. The minimum absolute atomic E-state index is 0.249. The van der Waals surface area contributed by atoms with Gasteiger partial charge < -0.3 is 5.32 Å². The molecular weight excluding hydrogens is 230 g/mol. The molecule has 1 saturated heterocycles. The fourth-order valence-corrected chi connectivity index (χ4v) is 1.95. The first-order valence-corrected chi connectivity index (χ1v) is 6.18. The van der Waals surface area contributed by atoms with E-state index in [1.165, 1.54) is 6.20 Å². The lowest BCUT2D eigenvalue weighted by molar-refractivity contribution is -0.122. The molecule has 1 aliphatic rings. The molecule has 1 atom stereocenters. The number of carbonyl (C=O) groups is 2. The van der Waals surface area contributed by atoms with Crippen molar-refractivity contribution in [1.82, 2.24) is 15.6 Å². The van der Waals surface area contributed by atoms with Crippen LogP contribution in [0.25, 0.3) is 0 Å². The fourth-order valence-electron chi connectivity index (χ4n) is 1.95. The summed E-state index contributed by atoms with van der Waals surface area (Å²) < 4.78 is 0. The van der Waals surface area contributed by atoms with E-state index in [4.69, 9.17) is 0 Å². The van der Waals surface area contributed by atoms with E-state index in [9.17, 15) is 9.59 Å². The molecule has 5 heteroatoms. The monoisotopic (exact) mass is 247 g/mol. The maximum absolute atomic E-state index is 11.8. The Kier molecular flexibility index (Phi) is 4.04. The molecule has 2 rings (SSSR count). The number of carbonyl (C=O) groups excluding carboxylic acids is 2. The number of nitrogens with zero attached hydrogens (tertiary/aromatic N) is 1. The van der Waals surface area contributed by atoms with E-state index in [2.05, 4.69) is 15.6 Å². The van der Waals surface area contributed by atoms with Crippen molar-refractivity contribution in [1.29, 1.82) is 0 Å². The Hall–Kier alpha value is -1.75. The van der Waals surface area contributed by atoms with Gasteiger partial charge in [-0.1, -0.05) is 6.42 Å². The van der Waals surface area contributed by atoms with Gasteiger partial charge in [0.25, 0.3) is 5.91 Å². The van der Waals surface area contributed by atoms with Crippen LogP contribution >= 0.6 is 0 Å². The van der Waals surface area contributed by atoms with Crippen LogP contribution in [0.3, 0.4) is 0 Å². The highest BCUT2D eigenvalue weighted by atomic mass is 16.2. The van der Waals surface area contributed by atoms with Crippen molar-refractivity contribution in [2.75, 3.05) is 6.54 Å². The number of pyridine rings is 1. The summed E-state index contributed by atoms with van der Waals surface area (Å²) in [7, 11) is 0. The minimum atomic E-state index is -0.389. The molecule has 1 aromatic heterocycles. The third-order valence-corrected chi connectivity index (χ3v) is 3.04. The predicted molar refractivity (Wildman–Crippen MR) is 67.1 cm³/mol. The van der Waals surface area contributed by atoms with Crippen molar-refractivity contribution in [2.24, 2.45) is 0 Å². The Morgan fingerprint density at radius 2 is 2.22 bits per heavy atom. The van der Waals surface area contributed by atoms with Crippen molar-refractivity contribution in [3.8, 4) is 0 Å². The third-order valence-electron chi connectivity index (χ3n) is 3.04. The van der Waals surface area contributed by atoms with Crippen LogP contribution in [0, 0.1) is 6.92 Å². The number of hydrogen-bond acceptors (Lipinski definition) is 4. The predicted octanol–water partition coefficient (Wildman–Crippen LogP) is 0.789. The Labute approximate surface area is 106 Å². The van der Waals surface area contributed by atoms with Gasteiger partial charge in [-0.25, -0.2) is 0 Å². The molecular formula is C13H17N3O2. The quantitative estimate of drug-likeness (QED) is 0.758. The van der Waals surface area contributed by atoms with Crippen LogP contribution in [-0.2, 0) is 4.79 Å². The first kappa shape index (κ1) is 12.7. The highest BCUT2D eigenvalue weighted by Crippen LogP contribution is 2.07. The molecule has 2 amide bonds. The number of aryl methyl sites for hydroxylation is 1. The van der Waals surface area contributed by atoms with Crippen LogP contribution < -0.4 is 10.6 Å². The van der Waals surface area contributed by atoms with Crippen LogP contribution in [0.1, 0.15) is 35.3 Å². The van der Waals surface area contributed by atoms with Gasteiger partial charge in [-0.15, -0.1) is 0 Å². The summed E-state index contributed by atoms with van der Waals surface area (Å²) in [5.41, 5.74) is 1.25. The highest BCUT2D eigenvalue weighted by molar-refractivity contribution is 6.05. The minimum Gasteiger partial charge on any atom is -0.306 e. The molecule has 2 N–H and O–H groups in total. The lowest BCUT2D eigenvalue weighted by atomic mass is 10.0. The van der Waals surface area contributed by atoms with Gasteiger partial charge in [0, 0.05) is 11.9 Å². The van der Waals surface area contributed by atoms with Crippen molar-refractivity contribution in [3.63, 3.8) is 0 Å². The maximum atomic E-state index is 11.8. The molecule has 1 aliphatic heterocycles. The zero-order valence-corrected chi connectivity index (χ0v) is 10.4. The van der Waals surface area contributed by atoms with Gasteiger partial charge in [0.05, 0.1) is 11.6 Å². The van der Waals surface area contributed by atoms with E-state index in [1.807, 2.05) is 6.92 Å². The number of rotatable bonds is 2. The van der Waals surface area contributed by atoms with E-state index in [-0.39, 0.29) is 17.9 Å². The number of hydrogen-bond donors (Lipinski definition) is 2. The van der Waals surface area contributed by atoms with Gasteiger partial charge in [-0.05, 0) is 38.4 Å². The standard InChI is InChI=1S/C13H17N3O2/c1-9-5-6-10(8-15-9)12(17)16-13(18)11-4-2-3-7-14-11/h5-6,8,11,14H,2-4,7H2,1H3,(H,16,17,18)/t11-/m1/s1. The van der Waals surface area contributed by atoms with Gasteiger partial charge in [-0.2, -0.15) is 0 Å². The normalized spacial score (nSPS) is 19.3. The Morgan fingerprint density at radius 1 is 1.39 bits per heavy atom. The van der Waals surface area contributed by atoms with E-state index < -0.39 is 0 Å². The molecule has 96 valence electrons. The van der Waals surface area contributed by atoms with E-state index in [0.717, 1.165) is 31.5 Å². The smallest absolute Gasteiger partial charge is 0.259 e. The van der Waals surface area contributed by atoms with Gasteiger partial charge in [0.15, 0.2) is 0 Å². The second-order valence-electron chi connectivity index (χ2n) is 4.51. The number of aromatic nitrogens is 1. The van der Waals surface area contributed by atoms with Crippen molar-refractivity contribution < 1.29 is 9.59 Å². The molecule has 0 aliphatic carbocycles. The zero-order chi connectivity index (χ0) is 13.0. The Morgan fingerprint density at radius 3 is 2.83 bits per heavy atom. The number of nitrogens with one attached hydrogen (secondary N) is 2. The van der Waals surface area contributed by atoms with Crippen LogP contribution in [0.5, 0.6) is 0 Å². The molecule has 5 nitrogen and oxygen atoms in total. The summed E-state index contributed by atoms with van der Waals surface area (Å²) in [6.07, 6.45) is 4.36. The van der Waals surface area contributed by atoms with Gasteiger partial charge in [0.1, 0.15) is 0 Å². The second-order valence-corrected chi connectivity index (χ2v) is 4.51. The zero-order valence-electron chi connectivity index (χ0n) is 10.4. The molecule has 18 heavy (non-hydrogen) atoms. The van der Waals surface area contributed by atoms with Gasteiger partial charge in [-0.3, -0.25) is 19.9 Å². The lowest BCUT2D eigenvalue weighted by Crippen LogP contribution is -2.48. The summed E-state index contributed by atoms with van der Waals surface area (Å²) in [4.78, 5) is 27.7. The molecule has 0 bridgehead atoms. The van der Waals surface area contributed by atoms with E-state index in [1.54, 1.807) is 12.1 Å². The molecule has 1 aromatic rings. The average Bonchev–Trinajstić information content (AvgIpc) is 2.40. The first-order valence-electron chi connectivity index (χ1n) is 6.18. The average molecular weight is 247 g/mol. The lowest BCUT2D eigenvalue weighted by Gasteiger charge is -2.21. The summed E-state index contributed by atoms with van der Waals surface area (Å²) in [5, 5.41) is 5.51. The summed E-state index contributed by atoms with van der Waals surface area (Å²) in [6, 6.07) is 3.17. The second kappa shape index (κ2) is 5.73. The van der Waals surface area contributed by atoms with Crippen molar-refractivity contribution in [3.05, 3.63) is 29.6 Å². The molecule has 0 aromatic carbocycles. The SMILES string of the molecule is Cc1ccc(C(=O)NC(=O)[C@H]2CCCCN2)cn1. The number of amides is 2. The summed E-state index contributed by atoms with van der Waals surface area (Å²) in [5.74, 6) is -0.639. The Balaban J connectivity index is 1.94. The molecule has 0 saturated carbocycles. The highest BCUT2D eigenvalue weighted by Gasteiger charge is 2.22. The number of imide groups is 1. The summed E-state index contributed by atoms with van der Waals surface area (Å²) in [6.45, 7) is 2.68. The van der Waals surface area contributed by atoms with Crippen molar-refractivity contribution >= 4 is 11.8 Å². The van der Waals surface area contributed by atoms with Crippen molar-refractivity contribution in [2.45, 2.75) is 32.2 Å². The largest absolute Gasteiger partial charge is 0.306 e. The molecule has 2 heterocycles. The van der Waals surface area contributed by atoms with Crippen LogP contribution in [0.4, 0.5) is 0 Å². The third kappa shape index (κ3) is 3.13. The van der Waals surface area contributed by atoms with Crippen LogP contribution in [0.15, 0.2) is 18.3 Å².